The molecule has 52 heavy (non-hydrogen) atoms. The Kier molecular flexibility index (Phi) is 7.94. The lowest BCUT2D eigenvalue weighted by molar-refractivity contribution is -0.147. The van der Waals surface area contributed by atoms with Gasteiger partial charge < -0.3 is 29.4 Å². The molecule has 9 nitrogen and oxygen atoms in total. The van der Waals surface area contributed by atoms with Crippen molar-refractivity contribution >= 4 is 28.5 Å². The van der Waals surface area contributed by atoms with E-state index in [1.165, 1.54) is 19.8 Å². The Hall–Kier alpha value is -4.08. The van der Waals surface area contributed by atoms with E-state index in [4.69, 9.17) is 14.2 Å². The number of hydrogen-bond donors (Lipinski definition) is 2. The number of fused-ring (bicyclic) bond motifs is 6. The third kappa shape index (κ3) is 4.47. The maximum Gasteiger partial charge on any atom is 0.335 e. The summed E-state index contributed by atoms with van der Waals surface area (Å²) in [5, 5.41) is 4.95. The summed E-state index contributed by atoms with van der Waals surface area (Å²) in [5.41, 5.74) is 5.88. The predicted molar refractivity (Wildman–Crippen MR) is 202 cm³/mol. The molecule has 0 radical (unpaired) electrons. The van der Waals surface area contributed by atoms with E-state index in [2.05, 4.69) is 82.5 Å². The van der Waals surface area contributed by atoms with Gasteiger partial charge in [0, 0.05) is 83.8 Å². The number of rotatable bonds is 6. The molecule has 0 saturated carbocycles. The molecule has 1 unspecified atom stereocenters. The number of anilines is 1. The van der Waals surface area contributed by atoms with Gasteiger partial charge in [0.25, 0.3) is 0 Å². The number of piperidine rings is 1. The summed E-state index contributed by atoms with van der Waals surface area (Å²) in [7, 11) is 4.72. The summed E-state index contributed by atoms with van der Waals surface area (Å²) in [4.78, 5) is 37.9. The summed E-state index contributed by atoms with van der Waals surface area (Å²) in [5.74, 6) is 0.961. The van der Waals surface area contributed by atoms with E-state index in [1.54, 1.807) is 7.11 Å². The van der Waals surface area contributed by atoms with Gasteiger partial charge >= 0.3 is 11.9 Å². The molecule has 2 fully saturated rings. The summed E-state index contributed by atoms with van der Waals surface area (Å²) < 4.78 is 17.8. The molecule has 1 aliphatic carbocycles. The highest BCUT2D eigenvalue weighted by Gasteiger charge is 2.66. The molecular formula is C43H52N4O5. The number of carbonyl (C=O) groups excluding carboxylic acids is 2. The van der Waals surface area contributed by atoms with Crippen LogP contribution >= 0.6 is 0 Å². The van der Waals surface area contributed by atoms with Crippen LogP contribution in [-0.2, 0) is 36.3 Å². The summed E-state index contributed by atoms with van der Waals surface area (Å²) in [6.45, 7) is 9.34. The molecule has 5 aliphatic heterocycles. The van der Waals surface area contributed by atoms with E-state index in [1.807, 2.05) is 0 Å². The van der Waals surface area contributed by atoms with Crippen molar-refractivity contribution in [2.45, 2.75) is 75.7 Å². The molecule has 9 heteroatoms. The monoisotopic (exact) mass is 704 g/mol. The zero-order chi connectivity index (χ0) is 36.0. The zero-order valence-corrected chi connectivity index (χ0v) is 31.3. The third-order valence-corrected chi connectivity index (χ3v) is 14.2. The van der Waals surface area contributed by atoms with Gasteiger partial charge in [0.15, 0.2) is 0 Å². The van der Waals surface area contributed by atoms with Crippen molar-refractivity contribution in [3.05, 3.63) is 82.2 Å². The number of H-pyrrole nitrogens is 1. The minimum Gasteiger partial charge on any atom is -0.496 e. The lowest BCUT2D eigenvalue weighted by Crippen LogP contribution is -2.58. The van der Waals surface area contributed by atoms with Crippen LogP contribution in [0.5, 0.6) is 5.75 Å². The molecule has 0 amide bonds. The molecule has 2 N–H and O–H groups in total. The van der Waals surface area contributed by atoms with Crippen molar-refractivity contribution < 1.29 is 23.8 Å². The fourth-order valence-electron chi connectivity index (χ4n) is 12.0. The Balaban J connectivity index is 1.34. The molecular weight excluding hydrogens is 652 g/mol. The second-order valence-corrected chi connectivity index (χ2v) is 16.4. The number of nitrogens with zero attached hydrogens (tertiary/aromatic N) is 2. The predicted octanol–water partition coefficient (Wildman–Crippen LogP) is 6.46. The van der Waals surface area contributed by atoms with E-state index in [0.29, 0.717) is 24.5 Å². The Morgan fingerprint density at radius 1 is 1.02 bits per heavy atom. The van der Waals surface area contributed by atoms with Crippen molar-refractivity contribution in [2.75, 3.05) is 59.4 Å². The van der Waals surface area contributed by atoms with E-state index < -0.39 is 10.8 Å². The molecule has 6 aliphatic rings. The van der Waals surface area contributed by atoms with Crippen molar-refractivity contribution in [1.82, 2.24) is 14.8 Å². The SMILES string of the molecule is CC[C@H]1C[C@H]2CN(CCc3c([nH]c4ccccc34)[C@@](C(=O)OC)(c3cc4c(cc3OC)NC3=C(C(=O)OC)C[C@]5(CC)C=CCN6CC[C@@]34[C@@H]65)C2)C1. The van der Waals surface area contributed by atoms with Crippen LogP contribution < -0.4 is 10.1 Å². The number of ether oxygens (including phenoxy) is 3. The minimum atomic E-state index is -1.16. The van der Waals surface area contributed by atoms with Gasteiger partial charge in [-0.15, -0.1) is 0 Å². The molecule has 6 heterocycles. The number of nitrogens with one attached hydrogen (secondary N) is 2. The number of hydrogen-bond acceptors (Lipinski definition) is 8. The maximum absolute atomic E-state index is 15.1. The summed E-state index contributed by atoms with van der Waals surface area (Å²) >= 11 is 0. The molecule has 1 spiro atoms. The molecule has 1 aromatic heterocycles. The highest BCUT2D eigenvalue weighted by Crippen LogP contribution is 2.65. The minimum absolute atomic E-state index is 0.156. The fraction of sp³-hybridized carbons (Fsp3) is 0.535. The average molecular weight is 705 g/mol. The topological polar surface area (TPSA) is 96.1 Å². The van der Waals surface area contributed by atoms with Crippen molar-refractivity contribution in [3.8, 4) is 5.75 Å². The van der Waals surface area contributed by atoms with Crippen LogP contribution in [0.1, 0.15) is 74.8 Å². The zero-order valence-electron chi connectivity index (χ0n) is 31.3. The maximum atomic E-state index is 15.1. The first-order valence-electron chi connectivity index (χ1n) is 19.4. The van der Waals surface area contributed by atoms with Gasteiger partial charge in [0.2, 0.25) is 0 Å². The molecule has 274 valence electrons. The summed E-state index contributed by atoms with van der Waals surface area (Å²) in [6, 6.07) is 13.0. The highest BCUT2D eigenvalue weighted by atomic mass is 16.5. The molecule has 7 atom stereocenters. The molecule has 2 saturated heterocycles. The molecule has 2 aromatic carbocycles. The summed E-state index contributed by atoms with van der Waals surface area (Å²) in [6.07, 6.45) is 10.7. The highest BCUT2D eigenvalue weighted by molar-refractivity contribution is 5.96. The van der Waals surface area contributed by atoms with Crippen molar-refractivity contribution in [3.63, 3.8) is 0 Å². The number of methoxy groups -OCH3 is 3. The van der Waals surface area contributed by atoms with Crippen LogP contribution in [0, 0.1) is 17.3 Å². The van der Waals surface area contributed by atoms with Crippen LogP contribution in [0.2, 0.25) is 0 Å². The number of carbonyl (C=O) groups is 2. The van der Waals surface area contributed by atoms with Crippen LogP contribution in [0.25, 0.3) is 10.9 Å². The Morgan fingerprint density at radius 2 is 1.87 bits per heavy atom. The third-order valence-electron chi connectivity index (χ3n) is 14.2. The quantitative estimate of drug-likeness (QED) is 0.223. The average Bonchev–Trinajstić information content (AvgIpc) is 3.87. The van der Waals surface area contributed by atoms with E-state index in [9.17, 15) is 4.79 Å². The Morgan fingerprint density at radius 3 is 2.63 bits per heavy atom. The Labute approximate surface area is 306 Å². The fourth-order valence-corrected chi connectivity index (χ4v) is 12.0. The molecule has 3 aromatic rings. The second-order valence-electron chi connectivity index (χ2n) is 16.4. The van der Waals surface area contributed by atoms with E-state index in [0.717, 1.165) is 110 Å². The number of para-hydroxylation sites is 1. The van der Waals surface area contributed by atoms with Crippen LogP contribution in [0.4, 0.5) is 5.69 Å². The van der Waals surface area contributed by atoms with Crippen LogP contribution in [-0.4, -0.2) is 86.8 Å². The van der Waals surface area contributed by atoms with Crippen molar-refractivity contribution in [1.29, 1.82) is 0 Å². The van der Waals surface area contributed by atoms with Crippen LogP contribution in [0.15, 0.2) is 59.8 Å². The first-order chi connectivity index (χ1) is 25.3. The number of aromatic amines is 1. The van der Waals surface area contributed by atoms with Gasteiger partial charge in [-0.25, -0.2) is 4.79 Å². The molecule has 2 bridgehead atoms. The standard InChI is InChI=1S/C43H52N4O5/c1-6-26-19-27-22-43(40(49)52-5,36-29(13-17-46(24-26)25-27)28-11-8-9-12-33(28)44-36)32-20-31-34(21-35(32)50-3)45-37-30(38(48)51-4)23-41(7-2)14-10-16-47-18-15-42(31,37)39(41)47/h8-12,14,20-21,26-27,39,44-45H,6-7,13,15-19,22-25H2,1-5H3/t26-,27+,39-,41-,42-,43-/m0/s1. The van der Waals surface area contributed by atoms with Gasteiger partial charge in [-0.2, -0.15) is 0 Å². The van der Waals surface area contributed by atoms with Gasteiger partial charge in [-0.3, -0.25) is 9.69 Å². The number of benzene rings is 2. The first kappa shape index (κ1) is 33.7. The number of aromatic nitrogens is 1. The second kappa shape index (κ2) is 12.2. The smallest absolute Gasteiger partial charge is 0.335 e. The van der Waals surface area contributed by atoms with Gasteiger partial charge in [0.05, 0.1) is 32.3 Å². The first-order valence-corrected chi connectivity index (χ1v) is 19.4. The van der Waals surface area contributed by atoms with Crippen LogP contribution in [0.3, 0.4) is 0 Å². The van der Waals surface area contributed by atoms with E-state index in [-0.39, 0.29) is 29.3 Å². The largest absolute Gasteiger partial charge is 0.496 e. The lowest BCUT2D eigenvalue weighted by atomic mass is 9.55. The van der Waals surface area contributed by atoms with Gasteiger partial charge in [0.1, 0.15) is 11.2 Å². The van der Waals surface area contributed by atoms with Gasteiger partial charge in [-0.05, 0) is 73.6 Å². The van der Waals surface area contributed by atoms with E-state index >= 15 is 4.79 Å². The Bertz CT molecular complexity index is 2030. The van der Waals surface area contributed by atoms with Gasteiger partial charge in [-0.1, -0.05) is 50.6 Å². The number of esters is 2. The molecule has 9 rings (SSSR count). The lowest BCUT2D eigenvalue weighted by Gasteiger charge is -2.53. The normalized spacial score (nSPS) is 33.2. The van der Waals surface area contributed by atoms with Crippen molar-refractivity contribution in [2.24, 2.45) is 17.3 Å².